The van der Waals surface area contributed by atoms with Crippen LogP contribution in [0.2, 0.25) is 0 Å². The second-order valence-corrected chi connectivity index (χ2v) is 5.27. The van der Waals surface area contributed by atoms with E-state index < -0.39 is 41.4 Å². The van der Waals surface area contributed by atoms with Gasteiger partial charge in [-0.1, -0.05) is 0 Å². The molecule has 0 radical (unpaired) electrons. The molecular formula is C11H12F10N2O2. The topological polar surface area (TPSA) is 40.6 Å². The van der Waals surface area contributed by atoms with Gasteiger partial charge in [0.05, 0.1) is 0 Å². The minimum atomic E-state index is -7.47. The van der Waals surface area contributed by atoms with Crippen LogP contribution in [-0.2, 0) is 9.59 Å². The number of halogens is 10. The summed E-state index contributed by atoms with van der Waals surface area (Å²) in [7, 11) is 1.64. The molecule has 0 spiro atoms. The highest BCUT2D eigenvalue weighted by Crippen LogP contribution is 2.57. The molecule has 0 aromatic heterocycles. The number of carbonyl (C=O) groups is 2. The number of carbonyl (C=O) groups excluding carboxylic acids is 2. The molecule has 0 aliphatic heterocycles. The average Bonchev–Trinajstić information content (AvgIpc) is 2.44. The standard InChI is InChI=1S/C11H12F10N2O2/c1-22(2)5(24)7(12,13)9(16,17)11(20,21)10(18,19)8(14,15)6(25)23(3)4/h1-4H3. The third kappa shape index (κ3) is 3.10. The number of hydrogen-bond acceptors (Lipinski definition) is 2. The van der Waals surface area contributed by atoms with Crippen LogP contribution in [0.1, 0.15) is 0 Å². The highest BCUT2D eigenvalue weighted by atomic mass is 19.4. The minimum absolute atomic E-state index is 0.328. The molecule has 0 aliphatic rings. The summed E-state index contributed by atoms with van der Waals surface area (Å²) in [6.07, 6.45) is 0. The molecule has 0 bridgehead atoms. The molecule has 25 heavy (non-hydrogen) atoms. The molecule has 0 rings (SSSR count). The zero-order chi connectivity index (χ0) is 20.8. The quantitative estimate of drug-likeness (QED) is 0.649. The Bertz CT molecular complexity index is 499. The molecule has 2 amide bonds. The van der Waals surface area contributed by atoms with Gasteiger partial charge < -0.3 is 9.80 Å². The smallest absolute Gasteiger partial charge is 0.343 e. The lowest BCUT2D eigenvalue weighted by Gasteiger charge is -2.39. The summed E-state index contributed by atoms with van der Waals surface area (Å²) >= 11 is 0. The van der Waals surface area contributed by atoms with Crippen molar-refractivity contribution in [1.29, 1.82) is 0 Å². The Balaban J connectivity index is 6.35. The number of hydrogen-bond donors (Lipinski definition) is 0. The Kier molecular flexibility index (Phi) is 5.76. The van der Waals surface area contributed by atoms with Crippen LogP contribution >= 0.6 is 0 Å². The van der Waals surface area contributed by atoms with Crippen molar-refractivity contribution in [3.8, 4) is 0 Å². The molecule has 0 aromatic carbocycles. The van der Waals surface area contributed by atoms with Crippen LogP contribution in [0.4, 0.5) is 43.9 Å². The van der Waals surface area contributed by atoms with Crippen molar-refractivity contribution in [2.75, 3.05) is 28.2 Å². The predicted octanol–water partition coefficient (Wildman–Crippen LogP) is 2.34. The zero-order valence-electron chi connectivity index (χ0n) is 13.0. The Morgan fingerprint density at radius 2 is 0.720 bits per heavy atom. The Labute approximate surface area is 134 Å². The molecule has 0 aliphatic carbocycles. The van der Waals surface area contributed by atoms with Crippen LogP contribution in [0, 0.1) is 0 Å². The molecule has 0 aromatic rings. The molecule has 0 N–H and O–H groups in total. The van der Waals surface area contributed by atoms with Gasteiger partial charge in [0.2, 0.25) is 0 Å². The fourth-order valence-corrected chi connectivity index (χ4v) is 1.42. The zero-order valence-corrected chi connectivity index (χ0v) is 13.0. The van der Waals surface area contributed by atoms with Crippen LogP contribution < -0.4 is 0 Å². The van der Waals surface area contributed by atoms with E-state index in [2.05, 4.69) is 0 Å². The molecule has 0 atom stereocenters. The number of amides is 2. The van der Waals surface area contributed by atoms with Crippen molar-refractivity contribution >= 4 is 11.8 Å². The van der Waals surface area contributed by atoms with Gasteiger partial charge in [-0.15, -0.1) is 0 Å². The SMILES string of the molecule is CN(C)C(=O)C(F)(F)C(F)(F)C(F)(F)C(F)(F)C(F)(F)C(=O)N(C)C. The normalized spacial score (nSPS) is 14.3. The molecule has 0 unspecified atom stereocenters. The van der Waals surface area contributed by atoms with E-state index in [1.807, 2.05) is 0 Å². The van der Waals surface area contributed by atoms with Gasteiger partial charge in [-0.05, 0) is 0 Å². The molecule has 0 saturated carbocycles. The van der Waals surface area contributed by atoms with Gasteiger partial charge in [-0.25, -0.2) is 0 Å². The van der Waals surface area contributed by atoms with Gasteiger partial charge in [0, 0.05) is 28.2 Å². The molecule has 0 fully saturated rings. The van der Waals surface area contributed by atoms with Crippen LogP contribution in [0.3, 0.4) is 0 Å². The lowest BCUT2D eigenvalue weighted by Crippen LogP contribution is -2.71. The molecule has 4 nitrogen and oxygen atoms in total. The van der Waals surface area contributed by atoms with Crippen molar-refractivity contribution in [1.82, 2.24) is 9.80 Å². The van der Waals surface area contributed by atoms with Crippen LogP contribution in [0.5, 0.6) is 0 Å². The predicted molar refractivity (Wildman–Crippen MR) is 62.1 cm³/mol. The first-order valence-corrected chi connectivity index (χ1v) is 6.03. The van der Waals surface area contributed by atoms with Gasteiger partial charge in [-0.2, -0.15) is 43.9 Å². The van der Waals surface area contributed by atoms with E-state index >= 15 is 0 Å². The first-order chi connectivity index (χ1) is 10.7. The van der Waals surface area contributed by atoms with Crippen molar-refractivity contribution < 1.29 is 53.5 Å². The summed E-state index contributed by atoms with van der Waals surface area (Å²) in [5.41, 5.74) is 0. The van der Waals surface area contributed by atoms with Crippen molar-refractivity contribution in [2.24, 2.45) is 0 Å². The van der Waals surface area contributed by atoms with Crippen molar-refractivity contribution in [3.63, 3.8) is 0 Å². The van der Waals surface area contributed by atoms with Crippen molar-refractivity contribution in [2.45, 2.75) is 29.6 Å². The Hall–Kier alpha value is -1.76. The van der Waals surface area contributed by atoms with Gasteiger partial charge in [0.25, 0.3) is 11.8 Å². The third-order valence-corrected chi connectivity index (χ3v) is 2.93. The van der Waals surface area contributed by atoms with E-state index in [-0.39, 0.29) is 9.80 Å². The lowest BCUT2D eigenvalue weighted by molar-refractivity contribution is -0.389. The maximum absolute atomic E-state index is 13.4. The second-order valence-electron chi connectivity index (χ2n) is 5.27. The van der Waals surface area contributed by atoms with Gasteiger partial charge in [0.1, 0.15) is 0 Å². The van der Waals surface area contributed by atoms with Crippen LogP contribution in [0.25, 0.3) is 0 Å². The number of alkyl halides is 10. The molecule has 14 heteroatoms. The van der Waals surface area contributed by atoms with Gasteiger partial charge >= 0.3 is 29.6 Å². The average molecular weight is 394 g/mol. The molecule has 148 valence electrons. The minimum Gasteiger partial charge on any atom is -0.343 e. The fourth-order valence-electron chi connectivity index (χ4n) is 1.42. The number of rotatable bonds is 6. The third-order valence-electron chi connectivity index (χ3n) is 2.93. The monoisotopic (exact) mass is 394 g/mol. The first-order valence-electron chi connectivity index (χ1n) is 6.03. The van der Waals surface area contributed by atoms with E-state index in [1.165, 1.54) is 0 Å². The van der Waals surface area contributed by atoms with Crippen molar-refractivity contribution in [3.05, 3.63) is 0 Å². The first kappa shape index (κ1) is 23.2. The Morgan fingerprint density at radius 1 is 0.520 bits per heavy atom. The highest BCUT2D eigenvalue weighted by molar-refractivity contribution is 5.86. The summed E-state index contributed by atoms with van der Waals surface area (Å²) < 4.78 is 134. The lowest BCUT2D eigenvalue weighted by atomic mass is 9.93. The summed E-state index contributed by atoms with van der Waals surface area (Å²) in [5.74, 6) is -41.0. The maximum atomic E-state index is 13.4. The van der Waals surface area contributed by atoms with E-state index in [1.54, 1.807) is 0 Å². The van der Waals surface area contributed by atoms with Gasteiger partial charge in [-0.3, -0.25) is 9.59 Å². The summed E-state index contributed by atoms with van der Waals surface area (Å²) in [5, 5.41) is 0. The van der Waals surface area contributed by atoms with E-state index in [0.29, 0.717) is 28.2 Å². The van der Waals surface area contributed by atoms with E-state index in [4.69, 9.17) is 0 Å². The van der Waals surface area contributed by atoms with Crippen LogP contribution in [0.15, 0.2) is 0 Å². The molecule has 0 saturated heterocycles. The Morgan fingerprint density at radius 3 is 0.880 bits per heavy atom. The summed E-state index contributed by atoms with van der Waals surface area (Å²) in [6, 6.07) is 0. The molecular weight excluding hydrogens is 382 g/mol. The molecule has 0 heterocycles. The van der Waals surface area contributed by atoms with Crippen LogP contribution in [-0.4, -0.2) is 79.4 Å². The summed E-state index contributed by atoms with van der Waals surface area (Å²) in [4.78, 5) is 21.2. The van der Waals surface area contributed by atoms with E-state index in [0.717, 1.165) is 0 Å². The van der Waals surface area contributed by atoms with Gasteiger partial charge in [0.15, 0.2) is 0 Å². The fraction of sp³-hybridized carbons (Fsp3) is 0.818. The largest absolute Gasteiger partial charge is 0.392 e. The number of nitrogens with zero attached hydrogens (tertiary/aromatic N) is 2. The second kappa shape index (κ2) is 6.20. The maximum Gasteiger partial charge on any atom is 0.392 e. The van der Waals surface area contributed by atoms with E-state index in [9.17, 15) is 53.5 Å². The summed E-state index contributed by atoms with van der Waals surface area (Å²) in [6.45, 7) is 0. The highest BCUT2D eigenvalue weighted by Gasteiger charge is 2.89.